The van der Waals surface area contributed by atoms with E-state index in [2.05, 4.69) is 31.4 Å². The quantitative estimate of drug-likeness (QED) is 0.864. The Balaban J connectivity index is 0.00000264. The molecule has 1 unspecified atom stereocenters. The van der Waals surface area contributed by atoms with E-state index in [1.165, 1.54) is 0 Å². The molecule has 0 aliphatic carbocycles. The smallest absolute Gasteiger partial charge is 0.223 e. The Morgan fingerprint density at radius 2 is 1.96 bits per heavy atom. The third kappa shape index (κ3) is 5.40. The molecule has 23 heavy (non-hydrogen) atoms. The number of rotatable bonds is 5. The van der Waals surface area contributed by atoms with Crippen LogP contribution < -0.4 is 15.4 Å². The molecule has 1 fully saturated rings. The lowest BCUT2D eigenvalue weighted by atomic mass is 9.90. The predicted molar refractivity (Wildman–Crippen MR) is 96.2 cm³/mol. The molecule has 1 heterocycles. The summed E-state index contributed by atoms with van der Waals surface area (Å²) in [6.07, 6.45) is 1.84. The van der Waals surface area contributed by atoms with Gasteiger partial charge in [-0.15, -0.1) is 12.4 Å². The number of carbonyl (C=O) groups excluding carboxylic acids is 1. The lowest BCUT2D eigenvalue weighted by Gasteiger charge is -2.30. The summed E-state index contributed by atoms with van der Waals surface area (Å²) in [6.45, 7) is 7.34. The molecule has 0 saturated carbocycles. The average Bonchev–Trinajstić information content (AvgIpc) is 2.52. The van der Waals surface area contributed by atoms with Crippen LogP contribution in [0.5, 0.6) is 5.75 Å². The van der Waals surface area contributed by atoms with Crippen molar-refractivity contribution >= 4 is 18.3 Å². The molecule has 3 atom stereocenters. The van der Waals surface area contributed by atoms with Gasteiger partial charge in [0.05, 0.1) is 13.2 Å². The number of benzene rings is 1. The van der Waals surface area contributed by atoms with E-state index in [1.54, 1.807) is 7.11 Å². The Labute approximate surface area is 145 Å². The van der Waals surface area contributed by atoms with Crippen LogP contribution in [0.4, 0.5) is 0 Å². The molecule has 1 saturated heterocycles. The van der Waals surface area contributed by atoms with Crippen molar-refractivity contribution in [3.63, 3.8) is 0 Å². The van der Waals surface area contributed by atoms with E-state index >= 15 is 0 Å². The van der Waals surface area contributed by atoms with Gasteiger partial charge in [-0.25, -0.2) is 0 Å². The molecule has 1 aromatic carbocycles. The lowest BCUT2D eigenvalue weighted by Crippen LogP contribution is -2.44. The summed E-state index contributed by atoms with van der Waals surface area (Å²) in [4.78, 5) is 12.6. The first-order valence-electron chi connectivity index (χ1n) is 8.19. The number of ether oxygens (including phenoxy) is 1. The summed E-state index contributed by atoms with van der Waals surface area (Å²) in [5.41, 5.74) is 1.13. The van der Waals surface area contributed by atoms with Crippen molar-refractivity contribution in [3.8, 4) is 5.75 Å². The lowest BCUT2D eigenvalue weighted by molar-refractivity contribution is -0.127. The molecule has 1 aromatic rings. The number of hydrogen-bond acceptors (Lipinski definition) is 3. The maximum absolute atomic E-state index is 12.6. The first kappa shape index (κ1) is 19.8. The third-order valence-corrected chi connectivity index (χ3v) is 4.43. The molecular formula is C18H29ClN2O2. The highest BCUT2D eigenvalue weighted by Crippen LogP contribution is 2.25. The Hall–Kier alpha value is -1.26. The van der Waals surface area contributed by atoms with Crippen LogP contribution in [0.2, 0.25) is 0 Å². The zero-order valence-corrected chi connectivity index (χ0v) is 15.3. The van der Waals surface area contributed by atoms with E-state index in [4.69, 9.17) is 4.74 Å². The minimum atomic E-state index is 0. The fourth-order valence-corrected chi connectivity index (χ4v) is 3.09. The van der Waals surface area contributed by atoms with Gasteiger partial charge in [-0.3, -0.25) is 4.79 Å². The summed E-state index contributed by atoms with van der Waals surface area (Å²) in [7, 11) is 1.66. The van der Waals surface area contributed by atoms with Crippen molar-refractivity contribution < 1.29 is 9.53 Å². The molecular weight excluding hydrogens is 312 g/mol. The Kier molecular flexibility index (Phi) is 7.86. The first-order chi connectivity index (χ1) is 10.5. The van der Waals surface area contributed by atoms with Crippen LogP contribution in [-0.4, -0.2) is 25.6 Å². The highest BCUT2D eigenvalue weighted by atomic mass is 35.5. The Morgan fingerprint density at radius 1 is 1.30 bits per heavy atom. The number of piperidine rings is 1. The van der Waals surface area contributed by atoms with Gasteiger partial charge in [0.2, 0.25) is 5.91 Å². The zero-order valence-electron chi connectivity index (χ0n) is 14.5. The maximum atomic E-state index is 12.6. The second-order valence-corrected chi connectivity index (χ2v) is 6.58. The number of methoxy groups -OCH3 is 1. The SMILES string of the molecule is COc1ccc(C(NC(=O)[C@H]2CCN[C@@H](C)C2)C(C)C)cc1.Cl. The van der Waals surface area contributed by atoms with Gasteiger partial charge >= 0.3 is 0 Å². The zero-order chi connectivity index (χ0) is 16.1. The highest BCUT2D eigenvalue weighted by Gasteiger charge is 2.27. The van der Waals surface area contributed by atoms with Gasteiger partial charge < -0.3 is 15.4 Å². The van der Waals surface area contributed by atoms with E-state index in [0.29, 0.717) is 12.0 Å². The minimum absolute atomic E-state index is 0. The predicted octanol–water partition coefficient (Wildman–Crippen LogP) is 3.32. The molecule has 130 valence electrons. The fraction of sp³-hybridized carbons (Fsp3) is 0.611. The van der Waals surface area contributed by atoms with E-state index < -0.39 is 0 Å². The van der Waals surface area contributed by atoms with Crippen LogP contribution >= 0.6 is 12.4 Å². The van der Waals surface area contributed by atoms with Crippen molar-refractivity contribution in [1.82, 2.24) is 10.6 Å². The Morgan fingerprint density at radius 3 is 2.48 bits per heavy atom. The summed E-state index contributed by atoms with van der Waals surface area (Å²) in [6, 6.07) is 8.43. The number of halogens is 1. The average molecular weight is 341 g/mol. The van der Waals surface area contributed by atoms with E-state index in [1.807, 2.05) is 24.3 Å². The van der Waals surface area contributed by atoms with Crippen LogP contribution in [0.25, 0.3) is 0 Å². The molecule has 5 heteroatoms. The summed E-state index contributed by atoms with van der Waals surface area (Å²) >= 11 is 0. The van der Waals surface area contributed by atoms with Crippen LogP contribution in [0, 0.1) is 11.8 Å². The van der Waals surface area contributed by atoms with Crippen LogP contribution in [0.15, 0.2) is 24.3 Å². The van der Waals surface area contributed by atoms with Gasteiger partial charge in [-0.2, -0.15) is 0 Å². The van der Waals surface area contributed by atoms with Gasteiger partial charge in [0, 0.05) is 12.0 Å². The molecule has 0 bridgehead atoms. The van der Waals surface area contributed by atoms with Crippen LogP contribution in [0.3, 0.4) is 0 Å². The van der Waals surface area contributed by atoms with E-state index in [0.717, 1.165) is 30.7 Å². The molecule has 1 aliphatic heterocycles. The van der Waals surface area contributed by atoms with Crippen LogP contribution in [-0.2, 0) is 4.79 Å². The number of amides is 1. The van der Waals surface area contributed by atoms with Gasteiger partial charge in [0.1, 0.15) is 5.75 Å². The maximum Gasteiger partial charge on any atom is 0.223 e. The molecule has 1 amide bonds. The highest BCUT2D eigenvalue weighted by molar-refractivity contribution is 5.85. The van der Waals surface area contributed by atoms with Gasteiger partial charge in [0.15, 0.2) is 0 Å². The van der Waals surface area contributed by atoms with Crippen molar-refractivity contribution in [3.05, 3.63) is 29.8 Å². The Bertz CT molecular complexity index is 490. The second kappa shape index (κ2) is 9.14. The molecule has 0 spiro atoms. The second-order valence-electron chi connectivity index (χ2n) is 6.58. The van der Waals surface area contributed by atoms with Gasteiger partial charge in [-0.1, -0.05) is 26.0 Å². The van der Waals surface area contributed by atoms with Crippen molar-refractivity contribution in [1.29, 1.82) is 0 Å². The third-order valence-electron chi connectivity index (χ3n) is 4.43. The molecule has 4 nitrogen and oxygen atoms in total. The van der Waals surface area contributed by atoms with Crippen molar-refractivity contribution in [2.24, 2.45) is 11.8 Å². The molecule has 0 radical (unpaired) electrons. The van der Waals surface area contributed by atoms with E-state index in [9.17, 15) is 4.79 Å². The summed E-state index contributed by atoms with van der Waals surface area (Å²) < 4.78 is 5.20. The first-order valence-corrected chi connectivity index (χ1v) is 8.19. The monoisotopic (exact) mass is 340 g/mol. The fourth-order valence-electron chi connectivity index (χ4n) is 3.09. The molecule has 1 aliphatic rings. The number of carbonyl (C=O) groups is 1. The van der Waals surface area contributed by atoms with Crippen LogP contribution in [0.1, 0.15) is 45.2 Å². The van der Waals surface area contributed by atoms with Gasteiger partial charge in [-0.05, 0) is 49.9 Å². The summed E-state index contributed by atoms with van der Waals surface area (Å²) in [5.74, 6) is 1.49. The number of nitrogens with one attached hydrogen (secondary N) is 2. The van der Waals surface area contributed by atoms with Crippen molar-refractivity contribution in [2.45, 2.75) is 45.7 Å². The summed E-state index contributed by atoms with van der Waals surface area (Å²) in [5, 5.41) is 6.65. The largest absolute Gasteiger partial charge is 0.497 e. The minimum Gasteiger partial charge on any atom is -0.497 e. The van der Waals surface area contributed by atoms with Gasteiger partial charge in [0.25, 0.3) is 0 Å². The molecule has 2 N–H and O–H groups in total. The molecule has 0 aromatic heterocycles. The van der Waals surface area contributed by atoms with E-state index in [-0.39, 0.29) is 30.3 Å². The van der Waals surface area contributed by atoms with Crippen molar-refractivity contribution in [2.75, 3.05) is 13.7 Å². The molecule has 2 rings (SSSR count). The number of hydrogen-bond donors (Lipinski definition) is 2. The normalized spacial score (nSPS) is 22.1. The topological polar surface area (TPSA) is 50.4 Å². The standard InChI is InChI=1S/C18H28N2O2.ClH/c1-12(2)17(14-5-7-16(22-4)8-6-14)20-18(21)15-9-10-19-13(3)11-15;/h5-8,12-13,15,17,19H,9-11H2,1-4H3,(H,20,21);1H/t13-,15-,17?;/m0./s1.